The predicted molar refractivity (Wildman–Crippen MR) is 51.7 cm³/mol. The van der Waals surface area contributed by atoms with Crippen LogP contribution in [-0.4, -0.2) is 19.0 Å². The van der Waals surface area contributed by atoms with Gasteiger partial charge in [-0.2, -0.15) is 0 Å². The molecule has 0 spiro atoms. The number of methoxy groups -OCH3 is 1. The molecule has 1 aromatic heterocycles. The lowest BCUT2D eigenvalue weighted by molar-refractivity contribution is -0.142. The van der Waals surface area contributed by atoms with Crippen molar-refractivity contribution in [1.82, 2.24) is 0 Å². The molecule has 1 fully saturated rings. The minimum atomic E-state index is -0.249. The Kier molecular flexibility index (Phi) is 2.50. The molecule has 0 radical (unpaired) electrons. The molecule has 0 N–H and O–H groups in total. The molecule has 2 rings (SSSR count). The average Bonchev–Trinajstić information content (AvgIpc) is 2.65. The fourth-order valence-corrected chi connectivity index (χ4v) is 1.61. The van der Waals surface area contributed by atoms with Crippen LogP contribution in [-0.2, 0) is 9.53 Å². The van der Waals surface area contributed by atoms with E-state index in [0.717, 1.165) is 5.76 Å². The molecule has 74 valence electrons. The van der Waals surface area contributed by atoms with Crippen molar-refractivity contribution >= 4 is 11.9 Å². The Morgan fingerprint density at radius 2 is 2.50 bits per heavy atom. The van der Waals surface area contributed by atoms with Crippen LogP contribution in [0.1, 0.15) is 12.2 Å². The van der Waals surface area contributed by atoms with Gasteiger partial charge in [-0.3, -0.25) is 4.79 Å². The molecule has 1 aliphatic carbocycles. The van der Waals surface area contributed by atoms with Crippen LogP contribution in [0.5, 0.6) is 0 Å². The zero-order valence-electron chi connectivity index (χ0n) is 7.97. The first-order valence-corrected chi connectivity index (χ1v) is 4.58. The van der Waals surface area contributed by atoms with Crippen LogP contribution in [0.2, 0.25) is 0 Å². The highest BCUT2D eigenvalue weighted by atomic mass is 16.5. The van der Waals surface area contributed by atoms with Crippen LogP contribution < -0.4 is 0 Å². The second-order valence-corrected chi connectivity index (χ2v) is 3.37. The van der Waals surface area contributed by atoms with Crippen molar-refractivity contribution in [3.05, 3.63) is 30.2 Å². The SMILES string of the molecule is CO[C@H]1C(=O)C[C@H]1/C=C/c1ccco1. The number of furan rings is 1. The maximum Gasteiger partial charge on any atom is 0.162 e. The maximum absolute atomic E-state index is 11.1. The molecule has 1 aromatic rings. The summed E-state index contributed by atoms with van der Waals surface area (Å²) in [7, 11) is 1.56. The summed E-state index contributed by atoms with van der Waals surface area (Å²) in [6.45, 7) is 0. The smallest absolute Gasteiger partial charge is 0.162 e. The molecule has 0 bridgehead atoms. The standard InChI is InChI=1S/C11H12O3/c1-13-11-8(7-10(11)12)4-5-9-3-2-6-14-9/h2-6,8,11H,7H2,1H3/b5-4+/t8-,11-/m1/s1. The van der Waals surface area contributed by atoms with Gasteiger partial charge >= 0.3 is 0 Å². The fourth-order valence-electron chi connectivity index (χ4n) is 1.61. The second kappa shape index (κ2) is 3.80. The van der Waals surface area contributed by atoms with E-state index in [1.807, 2.05) is 24.3 Å². The van der Waals surface area contributed by atoms with Gasteiger partial charge in [0.05, 0.1) is 6.26 Å². The third kappa shape index (κ3) is 1.63. The van der Waals surface area contributed by atoms with Crippen molar-refractivity contribution in [2.75, 3.05) is 7.11 Å². The first-order chi connectivity index (χ1) is 6.81. The van der Waals surface area contributed by atoms with Crippen LogP contribution in [0, 0.1) is 5.92 Å². The Balaban J connectivity index is 1.96. The molecule has 0 amide bonds. The maximum atomic E-state index is 11.1. The molecule has 3 heteroatoms. The zero-order valence-corrected chi connectivity index (χ0v) is 7.97. The lowest BCUT2D eigenvalue weighted by Crippen LogP contribution is -2.42. The Labute approximate surface area is 82.4 Å². The van der Waals surface area contributed by atoms with E-state index in [1.165, 1.54) is 0 Å². The third-order valence-electron chi connectivity index (χ3n) is 2.45. The van der Waals surface area contributed by atoms with Gasteiger partial charge in [-0.05, 0) is 18.2 Å². The number of hydrogen-bond acceptors (Lipinski definition) is 3. The first kappa shape index (κ1) is 9.21. The van der Waals surface area contributed by atoms with Gasteiger partial charge in [0, 0.05) is 19.4 Å². The van der Waals surface area contributed by atoms with Crippen LogP contribution in [0.25, 0.3) is 6.08 Å². The summed E-state index contributed by atoms with van der Waals surface area (Å²) < 4.78 is 10.2. The minimum Gasteiger partial charge on any atom is -0.465 e. The van der Waals surface area contributed by atoms with Crippen LogP contribution in [0.4, 0.5) is 0 Å². The van der Waals surface area contributed by atoms with Gasteiger partial charge in [0.25, 0.3) is 0 Å². The van der Waals surface area contributed by atoms with Crippen molar-refractivity contribution in [3.8, 4) is 0 Å². The monoisotopic (exact) mass is 192 g/mol. The van der Waals surface area contributed by atoms with Gasteiger partial charge in [0.2, 0.25) is 0 Å². The van der Waals surface area contributed by atoms with Gasteiger partial charge in [0.15, 0.2) is 5.78 Å². The summed E-state index contributed by atoms with van der Waals surface area (Å²) >= 11 is 0. The number of ether oxygens (including phenoxy) is 1. The van der Waals surface area contributed by atoms with Gasteiger partial charge in [-0.15, -0.1) is 0 Å². The molecule has 0 unspecified atom stereocenters. The van der Waals surface area contributed by atoms with Crippen molar-refractivity contribution in [3.63, 3.8) is 0 Å². The predicted octanol–water partition coefficient (Wildman–Crippen LogP) is 1.90. The van der Waals surface area contributed by atoms with E-state index in [1.54, 1.807) is 13.4 Å². The molecule has 0 saturated heterocycles. The molecule has 3 nitrogen and oxygen atoms in total. The molecule has 0 aromatic carbocycles. The molecule has 1 heterocycles. The number of ketones is 1. The number of carbonyl (C=O) groups excluding carboxylic acids is 1. The number of Topliss-reactive ketones (excluding diaryl/α,β-unsaturated/α-hetero) is 1. The van der Waals surface area contributed by atoms with E-state index in [0.29, 0.717) is 6.42 Å². The highest BCUT2D eigenvalue weighted by Gasteiger charge is 2.37. The summed E-state index contributed by atoms with van der Waals surface area (Å²) in [5, 5.41) is 0. The summed E-state index contributed by atoms with van der Waals surface area (Å²) in [6, 6.07) is 3.71. The van der Waals surface area contributed by atoms with Gasteiger partial charge in [-0.1, -0.05) is 6.08 Å². The van der Waals surface area contributed by atoms with E-state index in [-0.39, 0.29) is 17.8 Å². The quantitative estimate of drug-likeness (QED) is 0.734. The largest absolute Gasteiger partial charge is 0.465 e. The normalized spacial score (nSPS) is 26.8. The van der Waals surface area contributed by atoms with Crippen molar-refractivity contribution in [2.24, 2.45) is 5.92 Å². The van der Waals surface area contributed by atoms with Crippen molar-refractivity contribution in [1.29, 1.82) is 0 Å². The zero-order chi connectivity index (χ0) is 9.97. The van der Waals surface area contributed by atoms with E-state index >= 15 is 0 Å². The fraction of sp³-hybridized carbons (Fsp3) is 0.364. The lowest BCUT2D eigenvalue weighted by Gasteiger charge is -2.31. The average molecular weight is 192 g/mol. The minimum absolute atomic E-state index is 0.182. The van der Waals surface area contributed by atoms with E-state index < -0.39 is 0 Å². The van der Waals surface area contributed by atoms with E-state index in [4.69, 9.17) is 9.15 Å². The molecule has 0 aliphatic heterocycles. The van der Waals surface area contributed by atoms with Crippen LogP contribution in [0.3, 0.4) is 0 Å². The van der Waals surface area contributed by atoms with E-state index in [9.17, 15) is 4.79 Å². The molecular weight excluding hydrogens is 180 g/mol. The molecule has 1 aliphatic rings. The summed E-state index contributed by atoms with van der Waals surface area (Å²) in [4.78, 5) is 11.1. The van der Waals surface area contributed by atoms with Crippen LogP contribution >= 0.6 is 0 Å². The Bertz CT molecular complexity index is 337. The first-order valence-electron chi connectivity index (χ1n) is 4.58. The number of carbonyl (C=O) groups is 1. The molecular formula is C11H12O3. The highest BCUT2D eigenvalue weighted by molar-refractivity contribution is 5.90. The molecule has 14 heavy (non-hydrogen) atoms. The summed E-state index contributed by atoms with van der Waals surface area (Å²) in [5.41, 5.74) is 0. The summed E-state index contributed by atoms with van der Waals surface area (Å²) in [5.74, 6) is 1.19. The topological polar surface area (TPSA) is 39.4 Å². The van der Waals surface area contributed by atoms with Crippen molar-refractivity contribution in [2.45, 2.75) is 12.5 Å². The van der Waals surface area contributed by atoms with Crippen LogP contribution in [0.15, 0.2) is 28.9 Å². The van der Waals surface area contributed by atoms with Gasteiger partial charge in [0.1, 0.15) is 11.9 Å². The Morgan fingerprint density at radius 3 is 3.07 bits per heavy atom. The number of hydrogen-bond donors (Lipinski definition) is 0. The lowest BCUT2D eigenvalue weighted by atomic mass is 9.80. The Morgan fingerprint density at radius 1 is 1.64 bits per heavy atom. The third-order valence-corrected chi connectivity index (χ3v) is 2.45. The summed E-state index contributed by atoms with van der Waals surface area (Å²) in [6.07, 6.45) is 5.80. The Hall–Kier alpha value is -1.35. The number of rotatable bonds is 3. The molecule has 1 saturated carbocycles. The van der Waals surface area contributed by atoms with E-state index in [2.05, 4.69) is 0 Å². The molecule has 2 atom stereocenters. The van der Waals surface area contributed by atoms with Gasteiger partial charge < -0.3 is 9.15 Å². The highest BCUT2D eigenvalue weighted by Crippen LogP contribution is 2.28. The van der Waals surface area contributed by atoms with Gasteiger partial charge in [-0.25, -0.2) is 0 Å². The van der Waals surface area contributed by atoms with Crippen molar-refractivity contribution < 1.29 is 13.9 Å². The second-order valence-electron chi connectivity index (χ2n) is 3.37.